The van der Waals surface area contributed by atoms with E-state index in [0.29, 0.717) is 19.5 Å². The van der Waals surface area contributed by atoms with Gasteiger partial charge in [0.25, 0.3) is 0 Å². The van der Waals surface area contributed by atoms with Crippen LogP contribution < -0.4 is 0 Å². The summed E-state index contributed by atoms with van der Waals surface area (Å²) in [6, 6.07) is 4.60. The van der Waals surface area contributed by atoms with E-state index in [0.717, 1.165) is 33.4 Å². The fourth-order valence-corrected chi connectivity index (χ4v) is 3.20. The maximum Gasteiger partial charge on any atom is 0.227 e. The van der Waals surface area contributed by atoms with Gasteiger partial charge in [0.2, 0.25) is 5.91 Å². The van der Waals surface area contributed by atoms with Crippen molar-refractivity contribution in [3.8, 4) is 0 Å². The Morgan fingerprint density at radius 2 is 2.35 bits per heavy atom. The lowest BCUT2D eigenvalue weighted by molar-refractivity contribution is -0.131. The van der Waals surface area contributed by atoms with E-state index in [1.54, 1.807) is 17.2 Å². The van der Waals surface area contributed by atoms with Gasteiger partial charge in [0.1, 0.15) is 12.1 Å². The molecule has 1 aromatic carbocycles. The van der Waals surface area contributed by atoms with E-state index >= 15 is 0 Å². The van der Waals surface area contributed by atoms with Crippen LogP contribution in [-0.2, 0) is 24.2 Å². The monoisotopic (exact) mass is 313 g/mol. The Morgan fingerprint density at radius 3 is 3.22 bits per heavy atom. The van der Waals surface area contributed by atoms with Crippen LogP contribution in [0, 0.1) is 12.7 Å². The van der Waals surface area contributed by atoms with Gasteiger partial charge in [-0.25, -0.2) is 4.39 Å². The minimum atomic E-state index is -0.294. The number of halogens is 1. The summed E-state index contributed by atoms with van der Waals surface area (Å²) in [6.07, 6.45) is 2.57. The van der Waals surface area contributed by atoms with Gasteiger partial charge in [-0.05, 0) is 30.7 Å². The maximum atomic E-state index is 13.5. The van der Waals surface area contributed by atoms with E-state index < -0.39 is 0 Å². The number of hydrogen-bond donors (Lipinski definition) is 1. The number of rotatable bonds is 2. The molecule has 1 aliphatic heterocycles. The number of benzene rings is 1. The van der Waals surface area contributed by atoms with Crippen LogP contribution in [0.5, 0.6) is 0 Å². The normalized spacial score (nSPS) is 14.3. The van der Waals surface area contributed by atoms with Gasteiger partial charge in [0.15, 0.2) is 0 Å². The van der Waals surface area contributed by atoms with E-state index in [4.69, 9.17) is 4.52 Å². The first-order valence-corrected chi connectivity index (χ1v) is 7.58. The number of H-pyrrole nitrogens is 1. The lowest BCUT2D eigenvalue weighted by atomic mass is 10.0. The van der Waals surface area contributed by atoms with Crippen molar-refractivity contribution in [2.75, 3.05) is 6.54 Å². The molecule has 1 N–H and O–H groups in total. The molecule has 0 unspecified atom stereocenters. The van der Waals surface area contributed by atoms with Crippen LogP contribution in [0.15, 0.2) is 29.0 Å². The van der Waals surface area contributed by atoms with Crippen LogP contribution in [0.3, 0.4) is 0 Å². The van der Waals surface area contributed by atoms with Gasteiger partial charge >= 0.3 is 0 Å². The first kappa shape index (κ1) is 14.0. The quantitative estimate of drug-likeness (QED) is 0.791. The number of nitrogens with zero attached hydrogens (tertiary/aromatic N) is 2. The molecule has 2 aromatic heterocycles. The zero-order valence-electron chi connectivity index (χ0n) is 12.7. The van der Waals surface area contributed by atoms with Crippen molar-refractivity contribution in [2.45, 2.75) is 26.3 Å². The summed E-state index contributed by atoms with van der Waals surface area (Å²) in [7, 11) is 0. The second kappa shape index (κ2) is 5.22. The van der Waals surface area contributed by atoms with Crippen molar-refractivity contribution in [1.82, 2.24) is 15.0 Å². The standard InChI is InChI=1S/C17H16FN3O2/c1-10-13(14-6-12(18)2-3-16(14)19-10)7-17(22)21-5-4-15-11(8-21)9-23-20-15/h2-3,6,9,19H,4-5,7-8H2,1H3. The maximum absolute atomic E-state index is 13.5. The van der Waals surface area contributed by atoms with Crippen LogP contribution in [-0.4, -0.2) is 27.5 Å². The van der Waals surface area contributed by atoms with E-state index in [1.165, 1.54) is 12.1 Å². The third-order valence-electron chi connectivity index (χ3n) is 4.47. The number of aromatic amines is 1. The molecule has 3 heterocycles. The molecule has 0 atom stereocenters. The van der Waals surface area contributed by atoms with Crippen molar-refractivity contribution >= 4 is 16.8 Å². The number of aryl methyl sites for hydroxylation is 1. The summed E-state index contributed by atoms with van der Waals surface area (Å²) in [6.45, 7) is 3.07. The Bertz CT molecular complexity index is 897. The van der Waals surface area contributed by atoms with Crippen LogP contribution >= 0.6 is 0 Å². The van der Waals surface area contributed by atoms with Crippen LogP contribution in [0.2, 0.25) is 0 Å². The molecule has 0 spiro atoms. The van der Waals surface area contributed by atoms with Gasteiger partial charge < -0.3 is 14.4 Å². The second-order valence-corrected chi connectivity index (χ2v) is 5.95. The molecule has 0 aliphatic carbocycles. The van der Waals surface area contributed by atoms with E-state index in [2.05, 4.69) is 10.1 Å². The van der Waals surface area contributed by atoms with E-state index in [1.807, 2.05) is 6.92 Å². The van der Waals surface area contributed by atoms with Crippen LogP contribution in [0.1, 0.15) is 22.5 Å². The van der Waals surface area contributed by atoms with Gasteiger partial charge in [-0.3, -0.25) is 4.79 Å². The molecule has 0 radical (unpaired) electrons. The molecule has 0 fully saturated rings. The number of carbonyl (C=O) groups is 1. The number of fused-ring (bicyclic) bond motifs is 2. The van der Waals surface area contributed by atoms with Gasteiger partial charge in [-0.2, -0.15) is 0 Å². The molecule has 0 saturated heterocycles. The van der Waals surface area contributed by atoms with Crippen molar-refractivity contribution in [3.63, 3.8) is 0 Å². The summed E-state index contributed by atoms with van der Waals surface area (Å²) < 4.78 is 18.5. The smallest absolute Gasteiger partial charge is 0.227 e. The van der Waals surface area contributed by atoms with Crippen molar-refractivity contribution in [1.29, 1.82) is 0 Å². The minimum Gasteiger partial charge on any atom is -0.364 e. The fourth-order valence-electron chi connectivity index (χ4n) is 3.20. The molecular weight excluding hydrogens is 297 g/mol. The number of aromatic nitrogens is 2. The Morgan fingerprint density at radius 1 is 1.48 bits per heavy atom. The number of carbonyl (C=O) groups excluding carboxylic acids is 1. The van der Waals surface area contributed by atoms with Gasteiger partial charge in [-0.15, -0.1) is 0 Å². The Kier molecular flexibility index (Phi) is 3.18. The SMILES string of the molecule is Cc1[nH]c2ccc(F)cc2c1CC(=O)N1CCc2nocc2C1. The summed E-state index contributed by atoms with van der Waals surface area (Å²) in [5, 5.41) is 4.71. The highest BCUT2D eigenvalue weighted by Gasteiger charge is 2.24. The average molecular weight is 313 g/mol. The first-order chi connectivity index (χ1) is 11.1. The van der Waals surface area contributed by atoms with Crippen molar-refractivity contribution in [3.05, 3.63) is 52.8 Å². The summed E-state index contributed by atoms with van der Waals surface area (Å²) >= 11 is 0. The fraction of sp³-hybridized carbons (Fsp3) is 0.294. The van der Waals surface area contributed by atoms with Crippen LogP contribution in [0.4, 0.5) is 4.39 Å². The zero-order valence-corrected chi connectivity index (χ0v) is 12.7. The summed E-state index contributed by atoms with van der Waals surface area (Å²) in [5.74, 6) is -0.262. The predicted octanol–water partition coefficient (Wildman–Crippen LogP) is 2.73. The molecule has 0 bridgehead atoms. The van der Waals surface area contributed by atoms with Gasteiger partial charge in [0, 0.05) is 35.1 Å². The summed E-state index contributed by atoms with van der Waals surface area (Å²) in [4.78, 5) is 17.7. The molecule has 6 heteroatoms. The molecule has 0 saturated carbocycles. The first-order valence-electron chi connectivity index (χ1n) is 7.58. The second-order valence-electron chi connectivity index (χ2n) is 5.95. The molecule has 3 aromatic rings. The molecule has 5 nitrogen and oxygen atoms in total. The van der Waals surface area contributed by atoms with E-state index in [-0.39, 0.29) is 18.1 Å². The van der Waals surface area contributed by atoms with E-state index in [9.17, 15) is 9.18 Å². The largest absolute Gasteiger partial charge is 0.364 e. The molecule has 1 amide bonds. The highest BCUT2D eigenvalue weighted by molar-refractivity contribution is 5.90. The molecule has 4 rings (SSSR count). The predicted molar refractivity (Wildman–Crippen MR) is 82.3 cm³/mol. The lowest BCUT2D eigenvalue weighted by Gasteiger charge is -2.25. The van der Waals surface area contributed by atoms with Gasteiger partial charge in [0.05, 0.1) is 18.7 Å². The average Bonchev–Trinajstić information content (AvgIpc) is 3.12. The Balaban J connectivity index is 1.60. The highest BCUT2D eigenvalue weighted by Crippen LogP contribution is 2.25. The number of hydrogen-bond acceptors (Lipinski definition) is 3. The van der Waals surface area contributed by atoms with Crippen molar-refractivity contribution in [2.24, 2.45) is 0 Å². The molecular formula is C17H16FN3O2. The highest BCUT2D eigenvalue weighted by atomic mass is 19.1. The Hall–Kier alpha value is -2.63. The van der Waals surface area contributed by atoms with Gasteiger partial charge in [-0.1, -0.05) is 5.16 Å². The van der Waals surface area contributed by atoms with Crippen LogP contribution in [0.25, 0.3) is 10.9 Å². The summed E-state index contributed by atoms with van der Waals surface area (Å²) in [5.41, 5.74) is 4.51. The molecule has 1 aliphatic rings. The third kappa shape index (κ3) is 2.40. The molecule has 118 valence electrons. The zero-order chi connectivity index (χ0) is 16.0. The lowest BCUT2D eigenvalue weighted by Crippen LogP contribution is -2.36. The topological polar surface area (TPSA) is 62.1 Å². The number of amides is 1. The number of nitrogens with one attached hydrogen (secondary N) is 1. The Labute approximate surface area is 132 Å². The minimum absolute atomic E-state index is 0.0325. The third-order valence-corrected chi connectivity index (χ3v) is 4.47. The molecule has 23 heavy (non-hydrogen) atoms. The van der Waals surface area contributed by atoms with Crippen molar-refractivity contribution < 1.29 is 13.7 Å².